The minimum atomic E-state index is -4.67. The molecule has 0 aliphatic heterocycles. The van der Waals surface area contributed by atoms with Gasteiger partial charge in [0.1, 0.15) is 5.69 Å². The number of anilines is 1. The molecule has 2 rings (SSSR count). The predicted octanol–water partition coefficient (Wildman–Crippen LogP) is 4.03. The molecule has 2 N–H and O–H groups in total. The van der Waals surface area contributed by atoms with Crippen LogP contribution in [-0.2, 0) is 11.0 Å². The molecule has 1 aromatic rings. The van der Waals surface area contributed by atoms with Crippen LogP contribution in [-0.4, -0.2) is 10.8 Å². The van der Waals surface area contributed by atoms with Crippen LogP contribution < -0.4 is 10.9 Å². The Morgan fingerprint density at radius 1 is 1.25 bits per heavy atom. The quantitative estimate of drug-likeness (QED) is 0.623. The summed E-state index contributed by atoms with van der Waals surface area (Å²) in [5, 5.41) is 10.9. The molecule has 1 fully saturated rings. The first-order valence-corrected chi connectivity index (χ1v) is 7.68. The van der Waals surface area contributed by atoms with Crippen LogP contribution in [0, 0.1) is 16.0 Å². The van der Waals surface area contributed by atoms with Crippen LogP contribution in [0.4, 0.5) is 24.5 Å². The molecule has 1 aromatic carbocycles. The lowest BCUT2D eigenvalue weighted by atomic mass is 9.87. The van der Waals surface area contributed by atoms with Crippen molar-refractivity contribution in [3.05, 3.63) is 33.9 Å². The van der Waals surface area contributed by atoms with E-state index in [4.69, 9.17) is 0 Å². The summed E-state index contributed by atoms with van der Waals surface area (Å²) in [7, 11) is 0. The molecule has 0 atom stereocenters. The van der Waals surface area contributed by atoms with Gasteiger partial charge in [-0.25, -0.2) is 0 Å². The van der Waals surface area contributed by atoms with E-state index in [0.717, 1.165) is 44.2 Å². The summed E-state index contributed by atoms with van der Waals surface area (Å²) in [4.78, 5) is 21.9. The van der Waals surface area contributed by atoms with E-state index in [9.17, 15) is 28.1 Å². The molecule has 0 bridgehead atoms. The average molecular weight is 345 g/mol. The normalized spacial score (nSPS) is 15.8. The summed E-state index contributed by atoms with van der Waals surface area (Å²) in [6.07, 6.45) is 0.871. The SMILES string of the molecule is O=C(CC1CCCCC1)NNc1ccc(C(F)(F)F)cc1[N+](=O)[O-]. The highest BCUT2D eigenvalue weighted by molar-refractivity contribution is 5.78. The Bertz CT molecular complexity index is 614. The Balaban J connectivity index is 2.00. The molecule has 132 valence electrons. The van der Waals surface area contributed by atoms with Gasteiger partial charge in [-0.2, -0.15) is 13.2 Å². The molecule has 0 aromatic heterocycles. The monoisotopic (exact) mass is 345 g/mol. The highest BCUT2D eigenvalue weighted by Gasteiger charge is 2.33. The molecule has 0 spiro atoms. The van der Waals surface area contributed by atoms with Gasteiger partial charge in [0.25, 0.3) is 5.69 Å². The number of nitro groups is 1. The van der Waals surface area contributed by atoms with E-state index in [1.165, 1.54) is 0 Å². The van der Waals surface area contributed by atoms with E-state index >= 15 is 0 Å². The molecule has 1 aliphatic carbocycles. The highest BCUT2D eigenvalue weighted by atomic mass is 19.4. The van der Waals surface area contributed by atoms with Gasteiger partial charge in [0, 0.05) is 12.5 Å². The topological polar surface area (TPSA) is 84.3 Å². The minimum Gasteiger partial charge on any atom is -0.292 e. The number of hydrogen-bond donors (Lipinski definition) is 2. The maximum atomic E-state index is 12.6. The van der Waals surface area contributed by atoms with Crippen molar-refractivity contribution in [2.75, 3.05) is 5.43 Å². The Morgan fingerprint density at radius 2 is 1.92 bits per heavy atom. The Labute approximate surface area is 136 Å². The van der Waals surface area contributed by atoms with Gasteiger partial charge in [-0.1, -0.05) is 19.3 Å². The lowest BCUT2D eigenvalue weighted by Crippen LogP contribution is -2.31. The van der Waals surface area contributed by atoms with Gasteiger partial charge in [0.15, 0.2) is 0 Å². The van der Waals surface area contributed by atoms with E-state index in [-0.39, 0.29) is 17.5 Å². The Kier molecular flexibility index (Phi) is 5.63. The number of hydrogen-bond acceptors (Lipinski definition) is 4. The smallest absolute Gasteiger partial charge is 0.292 e. The van der Waals surface area contributed by atoms with Crippen molar-refractivity contribution in [2.45, 2.75) is 44.7 Å². The van der Waals surface area contributed by atoms with Gasteiger partial charge >= 0.3 is 6.18 Å². The summed E-state index contributed by atoms with van der Waals surface area (Å²) in [5.41, 5.74) is 2.62. The molecular formula is C15H18F3N3O3. The number of benzene rings is 1. The van der Waals surface area contributed by atoms with Crippen LogP contribution in [0.2, 0.25) is 0 Å². The highest BCUT2D eigenvalue weighted by Crippen LogP contribution is 2.34. The third kappa shape index (κ3) is 4.84. The van der Waals surface area contributed by atoms with Gasteiger partial charge in [0.05, 0.1) is 10.5 Å². The number of nitro benzene ring substituents is 1. The van der Waals surface area contributed by atoms with E-state index in [2.05, 4.69) is 10.9 Å². The maximum absolute atomic E-state index is 12.6. The number of alkyl halides is 3. The largest absolute Gasteiger partial charge is 0.416 e. The van der Waals surface area contributed by atoms with Crippen LogP contribution in [0.25, 0.3) is 0 Å². The number of rotatable bonds is 5. The molecular weight excluding hydrogens is 327 g/mol. The second kappa shape index (κ2) is 7.50. The van der Waals surface area contributed by atoms with Crippen molar-refractivity contribution >= 4 is 17.3 Å². The van der Waals surface area contributed by atoms with Gasteiger partial charge in [-0.3, -0.25) is 25.8 Å². The zero-order chi connectivity index (χ0) is 17.7. The Hall–Kier alpha value is -2.32. The zero-order valence-corrected chi connectivity index (χ0v) is 12.9. The van der Waals surface area contributed by atoms with Crippen LogP contribution in [0.1, 0.15) is 44.1 Å². The van der Waals surface area contributed by atoms with Crippen LogP contribution >= 0.6 is 0 Å². The lowest BCUT2D eigenvalue weighted by Gasteiger charge is -2.21. The summed E-state index contributed by atoms with van der Waals surface area (Å²) in [5.74, 6) is -0.0563. The van der Waals surface area contributed by atoms with Crippen LogP contribution in [0.3, 0.4) is 0 Å². The number of nitrogens with one attached hydrogen (secondary N) is 2. The summed E-state index contributed by atoms with van der Waals surface area (Å²) in [6.45, 7) is 0. The first-order valence-electron chi connectivity index (χ1n) is 7.68. The van der Waals surface area contributed by atoms with Gasteiger partial charge in [0.2, 0.25) is 5.91 Å². The molecule has 0 unspecified atom stereocenters. The molecule has 9 heteroatoms. The van der Waals surface area contributed by atoms with Crippen molar-refractivity contribution in [3.63, 3.8) is 0 Å². The number of carbonyl (C=O) groups excluding carboxylic acids is 1. The first kappa shape index (κ1) is 18.0. The van der Waals surface area contributed by atoms with Crippen molar-refractivity contribution < 1.29 is 22.9 Å². The second-order valence-electron chi connectivity index (χ2n) is 5.87. The number of hydrazine groups is 1. The second-order valence-corrected chi connectivity index (χ2v) is 5.87. The molecule has 1 amide bonds. The molecule has 0 saturated heterocycles. The number of amides is 1. The average Bonchev–Trinajstić information content (AvgIpc) is 2.52. The third-order valence-electron chi connectivity index (χ3n) is 4.06. The number of halogens is 3. The molecule has 1 aliphatic rings. The van der Waals surface area contributed by atoms with Crippen molar-refractivity contribution in [3.8, 4) is 0 Å². The first-order chi connectivity index (χ1) is 11.3. The lowest BCUT2D eigenvalue weighted by molar-refractivity contribution is -0.384. The van der Waals surface area contributed by atoms with Crippen molar-refractivity contribution in [1.82, 2.24) is 5.43 Å². The van der Waals surface area contributed by atoms with Gasteiger partial charge in [-0.05, 0) is 30.9 Å². The predicted molar refractivity (Wildman–Crippen MR) is 81.1 cm³/mol. The molecule has 6 nitrogen and oxygen atoms in total. The van der Waals surface area contributed by atoms with Crippen LogP contribution in [0.5, 0.6) is 0 Å². The van der Waals surface area contributed by atoms with E-state index < -0.39 is 22.4 Å². The number of nitrogens with zero attached hydrogens (tertiary/aromatic N) is 1. The maximum Gasteiger partial charge on any atom is 0.416 e. The Morgan fingerprint density at radius 3 is 2.50 bits per heavy atom. The molecule has 24 heavy (non-hydrogen) atoms. The van der Waals surface area contributed by atoms with Crippen molar-refractivity contribution in [2.24, 2.45) is 5.92 Å². The summed E-state index contributed by atoms with van der Waals surface area (Å²) < 4.78 is 37.9. The molecule has 0 heterocycles. The fraction of sp³-hybridized carbons (Fsp3) is 0.533. The molecule has 1 saturated carbocycles. The summed E-state index contributed by atoms with van der Waals surface area (Å²) in [6, 6.07) is 2.10. The van der Waals surface area contributed by atoms with Crippen molar-refractivity contribution in [1.29, 1.82) is 0 Å². The van der Waals surface area contributed by atoms with Crippen LogP contribution in [0.15, 0.2) is 18.2 Å². The fourth-order valence-corrected chi connectivity index (χ4v) is 2.81. The summed E-state index contributed by atoms with van der Waals surface area (Å²) >= 11 is 0. The standard InChI is InChI=1S/C15H18F3N3O3/c16-15(17,18)11-6-7-12(13(9-11)21(23)24)19-20-14(22)8-10-4-2-1-3-5-10/h6-7,9-10,19H,1-5,8H2,(H,20,22). The van der Waals surface area contributed by atoms with E-state index in [1.54, 1.807) is 0 Å². The van der Waals surface area contributed by atoms with Gasteiger partial charge < -0.3 is 0 Å². The van der Waals surface area contributed by atoms with E-state index in [0.29, 0.717) is 12.5 Å². The third-order valence-corrected chi connectivity index (χ3v) is 4.06. The van der Waals surface area contributed by atoms with Gasteiger partial charge in [-0.15, -0.1) is 0 Å². The zero-order valence-electron chi connectivity index (χ0n) is 12.9. The fourth-order valence-electron chi connectivity index (χ4n) is 2.81. The minimum absolute atomic E-state index is 0.190. The number of carbonyl (C=O) groups is 1. The molecule has 0 radical (unpaired) electrons. The van der Waals surface area contributed by atoms with E-state index in [1.807, 2.05) is 0 Å².